The lowest BCUT2D eigenvalue weighted by atomic mass is 10.0. The highest BCUT2D eigenvalue weighted by Gasteiger charge is 2.60. The molecule has 0 bridgehead atoms. The topological polar surface area (TPSA) is 26.0 Å². The first-order chi connectivity index (χ1) is 7.18. The Balaban J connectivity index is 3.23. The summed E-state index contributed by atoms with van der Waals surface area (Å²) in [6.45, 7) is 0. The van der Waals surface area contributed by atoms with Gasteiger partial charge in [0.05, 0.1) is 11.6 Å². The maximum Gasteiger partial charge on any atom is 0.407 e. The van der Waals surface area contributed by atoms with Crippen molar-refractivity contribution < 1.29 is 30.8 Å². The zero-order chi connectivity index (χ0) is 12.6. The fourth-order valence-corrected chi connectivity index (χ4v) is 1.30. The van der Waals surface area contributed by atoms with Crippen LogP contribution in [0.25, 0.3) is 0 Å². The number of hydrogen-bond acceptors (Lipinski definition) is 2. The smallest absolute Gasteiger partial charge is 0.407 e. The fourth-order valence-electron chi connectivity index (χ4n) is 1.10. The molecular formula is C7H4ClF6NO. The van der Waals surface area contributed by atoms with Gasteiger partial charge in [0.25, 0.3) is 0 Å². The number of rotatable bonds is 2. The Kier molecular flexibility index (Phi) is 3.41. The molecule has 1 heterocycles. The Morgan fingerprint density at radius 1 is 1.19 bits per heavy atom. The standard InChI is InChI=1S/C7H4ClF6NO/c8-1-3-4(16-2-15-3)5(6(9,10)11)7(12,13)14/h2,5H,1H2. The van der Waals surface area contributed by atoms with E-state index in [1.165, 1.54) is 0 Å². The number of alkyl halides is 7. The van der Waals surface area contributed by atoms with Gasteiger partial charge < -0.3 is 4.42 Å². The lowest BCUT2D eigenvalue weighted by Gasteiger charge is -2.21. The minimum absolute atomic E-state index is 0.498. The fraction of sp³-hybridized carbons (Fsp3) is 0.571. The van der Waals surface area contributed by atoms with E-state index in [1.807, 2.05) is 0 Å². The van der Waals surface area contributed by atoms with Crippen LogP contribution >= 0.6 is 11.6 Å². The van der Waals surface area contributed by atoms with Crippen molar-refractivity contribution in [3.8, 4) is 0 Å². The van der Waals surface area contributed by atoms with Crippen molar-refractivity contribution in [1.82, 2.24) is 4.98 Å². The van der Waals surface area contributed by atoms with Crippen molar-refractivity contribution in [2.75, 3.05) is 0 Å². The van der Waals surface area contributed by atoms with Crippen LogP contribution in [0, 0.1) is 0 Å². The molecule has 9 heteroatoms. The summed E-state index contributed by atoms with van der Waals surface area (Å²) in [4.78, 5) is 3.18. The van der Waals surface area contributed by atoms with Crippen molar-refractivity contribution in [3.05, 3.63) is 17.8 Å². The molecule has 1 aromatic heterocycles. The van der Waals surface area contributed by atoms with Gasteiger partial charge in [-0.1, -0.05) is 0 Å². The van der Waals surface area contributed by atoms with Crippen LogP contribution in [0.5, 0.6) is 0 Å². The van der Waals surface area contributed by atoms with Gasteiger partial charge in [0, 0.05) is 0 Å². The van der Waals surface area contributed by atoms with Gasteiger partial charge in [-0.25, -0.2) is 4.98 Å². The Labute approximate surface area is 90.2 Å². The second-order valence-corrected chi connectivity index (χ2v) is 3.08. The summed E-state index contributed by atoms with van der Waals surface area (Å²) in [5.41, 5.74) is -0.568. The summed E-state index contributed by atoms with van der Waals surface area (Å²) in [5.74, 6) is -5.60. The van der Waals surface area contributed by atoms with E-state index in [4.69, 9.17) is 11.6 Å². The monoisotopic (exact) mass is 267 g/mol. The lowest BCUT2D eigenvalue weighted by molar-refractivity contribution is -0.257. The average Bonchev–Trinajstić information content (AvgIpc) is 2.46. The van der Waals surface area contributed by atoms with Crippen LogP contribution in [0.1, 0.15) is 17.4 Å². The molecule has 0 fully saturated rings. The zero-order valence-electron chi connectivity index (χ0n) is 7.36. The number of halogens is 7. The molecule has 0 atom stereocenters. The average molecular weight is 268 g/mol. The van der Waals surface area contributed by atoms with Crippen molar-refractivity contribution in [3.63, 3.8) is 0 Å². The van der Waals surface area contributed by atoms with Crippen LogP contribution in [0.3, 0.4) is 0 Å². The molecule has 0 aliphatic carbocycles. The molecule has 0 amide bonds. The van der Waals surface area contributed by atoms with Gasteiger partial charge in [-0.15, -0.1) is 11.6 Å². The maximum absolute atomic E-state index is 12.2. The van der Waals surface area contributed by atoms with Gasteiger partial charge in [-0.2, -0.15) is 26.3 Å². The van der Waals surface area contributed by atoms with Crippen LogP contribution in [-0.4, -0.2) is 17.3 Å². The molecule has 1 aromatic rings. The lowest BCUT2D eigenvalue weighted by Crippen LogP contribution is -2.34. The molecule has 0 saturated heterocycles. The molecule has 0 N–H and O–H groups in total. The summed E-state index contributed by atoms with van der Waals surface area (Å²) in [6.07, 6.45) is -10.5. The van der Waals surface area contributed by atoms with Gasteiger partial charge in [0.15, 0.2) is 6.39 Å². The van der Waals surface area contributed by atoms with E-state index >= 15 is 0 Å². The molecule has 0 saturated carbocycles. The van der Waals surface area contributed by atoms with E-state index in [0.29, 0.717) is 6.39 Å². The molecule has 0 spiro atoms. The van der Waals surface area contributed by atoms with Gasteiger partial charge in [0.2, 0.25) is 5.92 Å². The number of nitrogens with zero attached hydrogens (tertiary/aromatic N) is 1. The van der Waals surface area contributed by atoms with Crippen LogP contribution in [0.2, 0.25) is 0 Å². The highest BCUT2D eigenvalue weighted by atomic mass is 35.5. The second kappa shape index (κ2) is 4.15. The van der Waals surface area contributed by atoms with Crippen LogP contribution in [-0.2, 0) is 5.88 Å². The first kappa shape index (κ1) is 13.1. The summed E-state index contributed by atoms with van der Waals surface area (Å²) < 4.78 is 77.6. The third-order valence-corrected chi connectivity index (χ3v) is 1.97. The second-order valence-electron chi connectivity index (χ2n) is 2.81. The quantitative estimate of drug-likeness (QED) is 0.604. The van der Waals surface area contributed by atoms with E-state index in [-0.39, 0.29) is 0 Å². The van der Waals surface area contributed by atoms with Crippen LogP contribution in [0.4, 0.5) is 26.3 Å². The van der Waals surface area contributed by atoms with Crippen molar-refractivity contribution >= 4 is 11.6 Å². The Bertz CT molecular complexity index is 342. The third kappa shape index (κ3) is 2.60. The van der Waals surface area contributed by atoms with Crippen molar-refractivity contribution in [1.29, 1.82) is 0 Å². The van der Waals surface area contributed by atoms with E-state index < -0.39 is 35.6 Å². The molecule has 0 unspecified atom stereocenters. The van der Waals surface area contributed by atoms with Gasteiger partial charge >= 0.3 is 12.4 Å². The molecule has 0 aliphatic rings. The predicted octanol–water partition coefficient (Wildman–Crippen LogP) is 3.62. The highest BCUT2D eigenvalue weighted by molar-refractivity contribution is 6.16. The van der Waals surface area contributed by atoms with Crippen molar-refractivity contribution in [2.45, 2.75) is 24.2 Å². The molecular weight excluding hydrogens is 264 g/mol. The molecule has 92 valence electrons. The predicted molar refractivity (Wildman–Crippen MR) is 40.9 cm³/mol. The highest BCUT2D eigenvalue weighted by Crippen LogP contribution is 2.47. The minimum atomic E-state index is -5.50. The van der Waals surface area contributed by atoms with Gasteiger partial charge in [0.1, 0.15) is 5.76 Å². The zero-order valence-corrected chi connectivity index (χ0v) is 8.12. The third-order valence-electron chi connectivity index (χ3n) is 1.72. The first-order valence-electron chi connectivity index (χ1n) is 3.79. The largest absolute Gasteiger partial charge is 0.447 e. The minimum Gasteiger partial charge on any atom is -0.447 e. The Hall–Kier alpha value is -0.920. The Morgan fingerprint density at radius 3 is 2.06 bits per heavy atom. The van der Waals surface area contributed by atoms with Crippen LogP contribution < -0.4 is 0 Å². The summed E-state index contributed by atoms with van der Waals surface area (Å²) in [5, 5.41) is 0. The molecule has 0 aromatic carbocycles. The molecule has 0 aliphatic heterocycles. The van der Waals surface area contributed by atoms with Gasteiger partial charge in [-0.05, 0) is 0 Å². The van der Waals surface area contributed by atoms with Crippen LogP contribution in [0.15, 0.2) is 10.8 Å². The van der Waals surface area contributed by atoms with E-state index in [1.54, 1.807) is 0 Å². The Morgan fingerprint density at radius 2 is 1.69 bits per heavy atom. The van der Waals surface area contributed by atoms with E-state index in [9.17, 15) is 26.3 Å². The summed E-state index contributed by atoms with van der Waals surface area (Å²) >= 11 is 5.16. The molecule has 0 radical (unpaired) electrons. The van der Waals surface area contributed by atoms with E-state index in [0.717, 1.165) is 0 Å². The maximum atomic E-state index is 12.2. The van der Waals surface area contributed by atoms with Gasteiger partial charge in [-0.3, -0.25) is 0 Å². The van der Waals surface area contributed by atoms with Crippen molar-refractivity contribution in [2.24, 2.45) is 0 Å². The molecule has 1 rings (SSSR count). The summed E-state index contributed by atoms with van der Waals surface area (Å²) in [6, 6.07) is 0. The van der Waals surface area contributed by atoms with E-state index in [2.05, 4.69) is 9.40 Å². The molecule has 2 nitrogen and oxygen atoms in total. The SMILES string of the molecule is FC(F)(F)C(c1ocnc1CCl)C(F)(F)F. The number of aromatic nitrogens is 1. The number of oxazole rings is 1. The number of hydrogen-bond donors (Lipinski definition) is 0. The summed E-state index contributed by atoms with van der Waals surface area (Å²) in [7, 11) is 0. The molecule has 16 heavy (non-hydrogen) atoms. The normalized spacial score (nSPS) is 13.5. The first-order valence-corrected chi connectivity index (χ1v) is 4.33.